The van der Waals surface area contributed by atoms with E-state index in [-0.39, 0.29) is 18.7 Å². The number of rotatable bonds is 6. The van der Waals surface area contributed by atoms with Crippen molar-refractivity contribution in [1.82, 2.24) is 10.3 Å². The van der Waals surface area contributed by atoms with Crippen molar-refractivity contribution in [3.8, 4) is 17.1 Å². The summed E-state index contributed by atoms with van der Waals surface area (Å²) in [5.41, 5.74) is 1.67. The Bertz CT molecular complexity index is 921. The molecule has 0 saturated carbocycles. The number of nitrogens with one attached hydrogen (secondary N) is 1. The van der Waals surface area contributed by atoms with Crippen molar-refractivity contribution in [2.24, 2.45) is 0 Å². The number of aromatic nitrogens is 1. The monoisotopic (exact) mass is 399 g/mol. The van der Waals surface area contributed by atoms with Crippen LogP contribution in [0.1, 0.15) is 19.7 Å². The van der Waals surface area contributed by atoms with Gasteiger partial charge in [0.15, 0.2) is 12.4 Å². The molecule has 2 aromatic carbocycles. The lowest BCUT2D eigenvalue weighted by Crippen LogP contribution is -2.40. The van der Waals surface area contributed by atoms with Gasteiger partial charge in [-0.25, -0.2) is 9.78 Å². The Morgan fingerprint density at radius 1 is 1.18 bits per heavy atom. The molecule has 0 aliphatic carbocycles. The number of carbonyl (C=O) groups is 1. The van der Waals surface area contributed by atoms with Crippen molar-refractivity contribution in [3.63, 3.8) is 0 Å². The predicted octanol–water partition coefficient (Wildman–Crippen LogP) is 5.13. The fourth-order valence-electron chi connectivity index (χ4n) is 2.50. The minimum Gasteiger partial charge on any atom is -0.484 e. The molecule has 6 nitrogen and oxygen atoms in total. The average molecular weight is 400 g/mol. The topological polar surface area (TPSA) is 67.6 Å². The van der Waals surface area contributed by atoms with E-state index in [0.29, 0.717) is 22.4 Å². The second-order valence-corrected chi connectivity index (χ2v) is 7.01. The molecule has 3 aromatic rings. The molecule has 7 heteroatoms. The van der Waals surface area contributed by atoms with E-state index in [9.17, 15) is 4.79 Å². The molecule has 3 rings (SSSR count). The maximum Gasteiger partial charge on any atom is 0.321 e. The summed E-state index contributed by atoms with van der Waals surface area (Å²) in [6, 6.07) is 14.5. The van der Waals surface area contributed by atoms with E-state index in [1.165, 1.54) is 0 Å². The van der Waals surface area contributed by atoms with Gasteiger partial charge < -0.3 is 14.5 Å². The van der Waals surface area contributed by atoms with Crippen molar-refractivity contribution in [2.45, 2.75) is 26.5 Å². The van der Waals surface area contributed by atoms with Crippen molar-refractivity contribution in [3.05, 3.63) is 65.6 Å². The van der Waals surface area contributed by atoms with Crippen LogP contribution >= 0.6 is 11.6 Å². The Morgan fingerprint density at radius 3 is 2.50 bits per heavy atom. The SMILES string of the molecule is CC(C)NC(=O)N(C)c1ccc(OCc2ncc(-c3ccc(Cl)cc3)o2)cc1. The zero-order valence-electron chi connectivity index (χ0n) is 16.0. The lowest BCUT2D eigenvalue weighted by Gasteiger charge is -2.20. The molecule has 0 saturated heterocycles. The summed E-state index contributed by atoms with van der Waals surface area (Å²) in [5.74, 6) is 1.79. The van der Waals surface area contributed by atoms with Gasteiger partial charge in [-0.1, -0.05) is 11.6 Å². The molecule has 2 amide bonds. The first-order chi connectivity index (χ1) is 13.4. The summed E-state index contributed by atoms with van der Waals surface area (Å²) < 4.78 is 11.4. The highest BCUT2D eigenvalue weighted by Crippen LogP contribution is 2.24. The molecular weight excluding hydrogens is 378 g/mol. The van der Waals surface area contributed by atoms with E-state index in [1.807, 2.05) is 38.1 Å². The van der Waals surface area contributed by atoms with Crippen molar-refractivity contribution in [1.29, 1.82) is 0 Å². The van der Waals surface area contributed by atoms with Crippen molar-refractivity contribution in [2.75, 3.05) is 11.9 Å². The third kappa shape index (κ3) is 5.04. The minimum atomic E-state index is -0.154. The van der Waals surface area contributed by atoms with Gasteiger partial charge >= 0.3 is 6.03 Å². The van der Waals surface area contributed by atoms with Gasteiger partial charge in [0, 0.05) is 29.4 Å². The highest BCUT2D eigenvalue weighted by atomic mass is 35.5. The number of oxazole rings is 1. The summed E-state index contributed by atoms with van der Waals surface area (Å²) in [4.78, 5) is 17.8. The van der Waals surface area contributed by atoms with Gasteiger partial charge in [-0.2, -0.15) is 0 Å². The zero-order chi connectivity index (χ0) is 20.1. The lowest BCUT2D eigenvalue weighted by atomic mass is 10.2. The number of ether oxygens (including phenoxy) is 1. The summed E-state index contributed by atoms with van der Waals surface area (Å²) >= 11 is 5.90. The Morgan fingerprint density at radius 2 is 1.86 bits per heavy atom. The number of hydrogen-bond acceptors (Lipinski definition) is 4. The molecule has 1 N–H and O–H groups in total. The van der Waals surface area contributed by atoms with Gasteiger partial charge in [0.25, 0.3) is 0 Å². The molecular formula is C21H22ClN3O3. The fraction of sp³-hybridized carbons (Fsp3) is 0.238. The molecule has 28 heavy (non-hydrogen) atoms. The minimum absolute atomic E-state index is 0.0797. The number of urea groups is 1. The van der Waals surface area contributed by atoms with Crippen LogP contribution in [0.3, 0.4) is 0 Å². The van der Waals surface area contributed by atoms with Gasteiger partial charge in [0.05, 0.1) is 6.20 Å². The van der Waals surface area contributed by atoms with Crippen molar-refractivity contribution < 1.29 is 13.9 Å². The molecule has 0 fully saturated rings. The van der Waals surface area contributed by atoms with Crippen LogP contribution in [0, 0.1) is 0 Å². The second-order valence-electron chi connectivity index (χ2n) is 6.57. The maximum absolute atomic E-state index is 12.0. The Hall–Kier alpha value is -2.99. The Kier molecular flexibility index (Phi) is 6.21. The summed E-state index contributed by atoms with van der Waals surface area (Å²) in [6.07, 6.45) is 1.66. The van der Waals surface area contributed by atoms with Crippen LogP contribution in [-0.4, -0.2) is 24.1 Å². The molecule has 1 heterocycles. The normalized spacial score (nSPS) is 10.8. The molecule has 0 radical (unpaired) electrons. The number of hydrogen-bond donors (Lipinski definition) is 1. The Balaban J connectivity index is 1.58. The van der Waals surface area contributed by atoms with Crippen LogP contribution < -0.4 is 15.0 Å². The third-order valence-corrected chi connectivity index (χ3v) is 4.24. The predicted molar refractivity (Wildman–Crippen MR) is 110 cm³/mol. The standard InChI is InChI=1S/C21H22ClN3O3/c1-14(2)24-21(26)25(3)17-8-10-18(11-9-17)27-13-20-23-12-19(28-20)15-4-6-16(22)7-5-15/h4-12,14H,13H2,1-3H3,(H,24,26). The molecule has 0 aliphatic rings. The second kappa shape index (κ2) is 8.80. The molecule has 146 valence electrons. The maximum atomic E-state index is 12.0. The number of benzene rings is 2. The highest BCUT2D eigenvalue weighted by Gasteiger charge is 2.12. The van der Waals surface area contributed by atoms with Gasteiger partial charge in [-0.05, 0) is 62.4 Å². The number of amides is 2. The number of halogens is 1. The van der Waals surface area contributed by atoms with Crippen LogP contribution in [0.15, 0.2) is 59.1 Å². The number of anilines is 1. The number of carbonyl (C=O) groups excluding carboxylic acids is 1. The summed E-state index contributed by atoms with van der Waals surface area (Å²) in [6.45, 7) is 4.05. The quantitative estimate of drug-likeness (QED) is 0.624. The highest BCUT2D eigenvalue weighted by molar-refractivity contribution is 6.30. The van der Waals surface area contributed by atoms with Crippen LogP contribution in [0.4, 0.5) is 10.5 Å². The van der Waals surface area contributed by atoms with Crippen LogP contribution in [0.25, 0.3) is 11.3 Å². The lowest BCUT2D eigenvalue weighted by molar-refractivity contribution is 0.245. The molecule has 0 spiro atoms. The van der Waals surface area contributed by atoms with Gasteiger partial charge in [-0.15, -0.1) is 0 Å². The summed E-state index contributed by atoms with van der Waals surface area (Å²) in [5, 5.41) is 3.52. The molecule has 0 atom stereocenters. The van der Waals surface area contributed by atoms with E-state index >= 15 is 0 Å². The van der Waals surface area contributed by atoms with Crippen molar-refractivity contribution >= 4 is 23.3 Å². The number of nitrogens with zero attached hydrogens (tertiary/aromatic N) is 2. The largest absolute Gasteiger partial charge is 0.484 e. The first kappa shape index (κ1) is 19.8. The fourth-order valence-corrected chi connectivity index (χ4v) is 2.62. The summed E-state index contributed by atoms with van der Waals surface area (Å²) in [7, 11) is 1.72. The molecule has 1 aromatic heterocycles. The van der Waals surface area contributed by atoms with E-state index in [1.54, 1.807) is 42.4 Å². The van der Waals surface area contributed by atoms with E-state index in [4.69, 9.17) is 20.8 Å². The van der Waals surface area contributed by atoms with Gasteiger partial charge in [-0.3, -0.25) is 4.90 Å². The zero-order valence-corrected chi connectivity index (χ0v) is 16.7. The Labute approximate surface area is 169 Å². The van der Waals surface area contributed by atoms with E-state index < -0.39 is 0 Å². The van der Waals surface area contributed by atoms with E-state index in [2.05, 4.69) is 10.3 Å². The molecule has 0 unspecified atom stereocenters. The van der Waals surface area contributed by atoms with Crippen LogP contribution in [0.2, 0.25) is 5.02 Å². The third-order valence-electron chi connectivity index (χ3n) is 3.99. The van der Waals surface area contributed by atoms with Gasteiger partial charge in [0.2, 0.25) is 5.89 Å². The smallest absolute Gasteiger partial charge is 0.321 e. The van der Waals surface area contributed by atoms with Gasteiger partial charge in [0.1, 0.15) is 5.75 Å². The first-order valence-corrected chi connectivity index (χ1v) is 9.28. The van der Waals surface area contributed by atoms with Crippen LogP contribution in [-0.2, 0) is 6.61 Å². The average Bonchev–Trinajstić information content (AvgIpc) is 3.15. The van der Waals surface area contributed by atoms with E-state index in [0.717, 1.165) is 11.3 Å². The molecule has 0 aliphatic heterocycles. The van der Waals surface area contributed by atoms with Crippen LogP contribution in [0.5, 0.6) is 5.75 Å². The first-order valence-electron chi connectivity index (χ1n) is 8.90. The molecule has 0 bridgehead atoms.